The van der Waals surface area contributed by atoms with E-state index in [9.17, 15) is 32.9 Å². The van der Waals surface area contributed by atoms with Crippen LogP contribution in [0.15, 0.2) is 94.8 Å². The summed E-state index contributed by atoms with van der Waals surface area (Å²) in [5.74, 6) is -1.22. The van der Waals surface area contributed by atoms with Gasteiger partial charge >= 0.3 is 11.9 Å². The second kappa shape index (κ2) is 13.7. The summed E-state index contributed by atoms with van der Waals surface area (Å²) in [6.45, 7) is 1.10. The van der Waals surface area contributed by atoms with Crippen molar-refractivity contribution in [3.8, 4) is 22.9 Å². The second-order valence-corrected chi connectivity index (χ2v) is 10.2. The number of hydrogen-bond donors (Lipinski definition) is 1. The number of amides is 1. The monoisotopic (exact) mass is 665 g/mol. The summed E-state index contributed by atoms with van der Waals surface area (Å²) in [6.07, 6.45) is -3.56. The molecule has 11 nitrogen and oxygen atoms in total. The molecule has 240 valence electrons. The van der Waals surface area contributed by atoms with E-state index in [1.165, 1.54) is 30.3 Å². The van der Waals surface area contributed by atoms with Crippen molar-refractivity contribution in [3.63, 3.8) is 0 Å². The lowest BCUT2D eigenvalue weighted by atomic mass is 10.1. The third-order valence-electron chi connectivity index (χ3n) is 6.55. The van der Waals surface area contributed by atoms with E-state index < -0.39 is 40.4 Å². The van der Waals surface area contributed by atoms with Gasteiger partial charge in [-0.3, -0.25) is 19.7 Å². The van der Waals surface area contributed by atoms with Crippen LogP contribution in [-0.4, -0.2) is 39.9 Å². The van der Waals surface area contributed by atoms with Crippen LogP contribution in [0.2, 0.25) is 5.02 Å². The van der Waals surface area contributed by atoms with Crippen molar-refractivity contribution >= 4 is 46.0 Å². The molecule has 47 heavy (non-hydrogen) atoms. The number of nitro groups is 1. The number of carbonyl (C=O) groups excluding carboxylic acids is 1. The lowest BCUT2D eigenvalue weighted by Gasteiger charge is -2.14. The topological polar surface area (TPSA) is 138 Å². The molecule has 15 heteroatoms. The molecule has 0 fully saturated rings. The van der Waals surface area contributed by atoms with Gasteiger partial charge in [0.2, 0.25) is 5.75 Å². The van der Waals surface area contributed by atoms with Crippen molar-refractivity contribution in [1.29, 1.82) is 0 Å². The quantitative estimate of drug-likeness (QED) is 0.0969. The first-order valence-corrected chi connectivity index (χ1v) is 14.2. The van der Waals surface area contributed by atoms with Gasteiger partial charge in [0.15, 0.2) is 18.2 Å². The number of carbonyl (C=O) groups is 1. The van der Waals surface area contributed by atoms with Gasteiger partial charge in [0.05, 0.1) is 34.2 Å². The van der Waals surface area contributed by atoms with Crippen LogP contribution in [0.4, 0.5) is 24.5 Å². The molecule has 0 atom stereocenters. The molecule has 1 amide bonds. The highest BCUT2D eigenvalue weighted by atomic mass is 35.5. The largest absolute Gasteiger partial charge is 0.490 e. The minimum absolute atomic E-state index is 0.0403. The number of aromatic nitrogens is 2. The Balaban J connectivity index is 1.53. The molecule has 0 aliphatic carbocycles. The van der Waals surface area contributed by atoms with Crippen molar-refractivity contribution in [1.82, 2.24) is 9.66 Å². The summed E-state index contributed by atoms with van der Waals surface area (Å²) < 4.78 is 52.5. The van der Waals surface area contributed by atoms with E-state index in [-0.39, 0.29) is 46.0 Å². The molecule has 4 aromatic carbocycles. The van der Waals surface area contributed by atoms with Gasteiger partial charge < -0.3 is 14.8 Å². The normalized spacial score (nSPS) is 11.5. The highest BCUT2D eigenvalue weighted by molar-refractivity contribution is 6.30. The number of nitrogens with zero attached hydrogens (tertiary/aromatic N) is 4. The van der Waals surface area contributed by atoms with Crippen LogP contribution < -0.4 is 20.3 Å². The van der Waals surface area contributed by atoms with Crippen molar-refractivity contribution in [2.45, 2.75) is 13.1 Å². The van der Waals surface area contributed by atoms with Crippen LogP contribution in [0.5, 0.6) is 11.5 Å². The van der Waals surface area contributed by atoms with E-state index in [1.807, 2.05) is 0 Å². The van der Waals surface area contributed by atoms with Gasteiger partial charge in [-0.1, -0.05) is 35.9 Å². The Morgan fingerprint density at radius 3 is 2.51 bits per heavy atom. The highest BCUT2D eigenvalue weighted by Crippen LogP contribution is 2.38. The Bertz CT molecular complexity index is 2070. The average Bonchev–Trinajstić information content (AvgIpc) is 3.04. The van der Waals surface area contributed by atoms with E-state index in [0.717, 1.165) is 29.1 Å². The van der Waals surface area contributed by atoms with Crippen LogP contribution in [0, 0.1) is 10.1 Å². The van der Waals surface area contributed by atoms with Crippen molar-refractivity contribution in [3.05, 3.63) is 122 Å². The summed E-state index contributed by atoms with van der Waals surface area (Å²) in [5, 5.41) is 19.5. The van der Waals surface area contributed by atoms with Gasteiger partial charge in [0, 0.05) is 27.9 Å². The molecule has 5 aromatic rings. The minimum atomic E-state index is -4.66. The molecule has 1 aromatic heterocycles. The van der Waals surface area contributed by atoms with Crippen molar-refractivity contribution in [2.75, 3.05) is 18.5 Å². The Morgan fingerprint density at radius 1 is 1.06 bits per heavy atom. The zero-order chi connectivity index (χ0) is 33.7. The van der Waals surface area contributed by atoms with E-state index in [0.29, 0.717) is 10.7 Å². The molecule has 0 aliphatic rings. The number of ether oxygens (including phenoxy) is 2. The Hall–Kier alpha value is -5.76. The molecular formula is C32H23ClF3N5O6. The zero-order valence-electron chi connectivity index (χ0n) is 24.3. The first-order chi connectivity index (χ1) is 22.4. The number of hydrogen-bond acceptors (Lipinski definition) is 8. The summed E-state index contributed by atoms with van der Waals surface area (Å²) >= 11 is 5.86. The molecule has 0 saturated carbocycles. The maximum Gasteiger partial charge on any atom is 0.416 e. The molecule has 1 N–H and O–H groups in total. The first-order valence-electron chi connectivity index (χ1n) is 13.8. The highest BCUT2D eigenvalue weighted by Gasteiger charge is 2.31. The smallest absolute Gasteiger partial charge is 0.416 e. The summed E-state index contributed by atoms with van der Waals surface area (Å²) in [5.41, 5.74) is -1.52. The lowest BCUT2D eigenvalue weighted by molar-refractivity contribution is -0.385. The van der Waals surface area contributed by atoms with Gasteiger partial charge in [0.25, 0.3) is 11.5 Å². The summed E-state index contributed by atoms with van der Waals surface area (Å²) in [7, 11) is 0. The third kappa shape index (κ3) is 7.56. The van der Waals surface area contributed by atoms with Gasteiger partial charge in [-0.15, -0.1) is 0 Å². The number of benzene rings is 4. The van der Waals surface area contributed by atoms with Gasteiger partial charge in [-0.05, 0) is 61.5 Å². The van der Waals surface area contributed by atoms with Crippen LogP contribution in [-0.2, 0) is 11.0 Å². The fourth-order valence-electron chi connectivity index (χ4n) is 4.47. The molecular weight excluding hydrogens is 643 g/mol. The fourth-order valence-corrected chi connectivity index (χ4v) is 4.60. The number of halogens is 4. The van der Waals surface area contributed by atoms with E-state index in [2.05, 4.69) is 15.4 Å². The minimum Gasteiger partial charge on any atom is -0.490 e. The van der Waals surface area contributed by atoms with Crippen LogP contribution in [0.3, 0.4) is 0 Å². The number of para-hydroxylation sites is 1. The average molecular weight is 666 g/mol. The number of fused-ring (bicyclic) bond motifs is 1. The predicted molar refractivity (Wildman–Crippen MR) is 169 cm³/mol. The number of nitrogens with one attached hydrogen (secondary N) is 1. The molecule has 0 saturated heterocycles. The van der Waals surface area contributed by atoms with Crippen LogP contribution in [0.25, 0.3) is 22.3 Å². The maximum absolute atomic E-state index is 13.5. The van der Waals surface area contributed by atoms with E-state index in [1.54, 1.807) is 43.3 Å². The van der Waals surface area contributed by atoms with Crippen LogP contribution >= 0.6 is 11.6 Å². The summed E-state index contributed by atoms with van der Waals surface area (Å²) in [6, 6.07) is 19.2. The lowest BCUT2D eigenvalue weighted by Crippen LogP contribution is -2.21. The standard InChI is InChI=1S/C32H23ClF3N5O6/c1-2-46-27-15-19(14-26(41(44)45)29(27)47-18-28(42)38-23-12-10-22(33)11-13-23)17-37-40-30(20-6-5-7-21(16-20)32(34,35)36)39-25-9-4-3-8-24(25)31(40)43/h3-17H,2,18H2,1H3,(H,38,42). The Labute approximate surface area is 269 Å². The molecule has 1 heterocycles. The predicted octanol–water partition coefficient (Wildman–Crippen LogP) is 6.94. The molecule has 0 aliphatic heterocycles. The van der Waals surface area contributed by atoms with Gasteiger partial charge in [0.1, 0.15) is 0 Å². The zero-order valence-corrected chi connectivity index (χ0v) is 25.1. The van der Waals surface area contributed by atoms with Crippen molar-refractivity contribution < 1.29 is 32.4 Å². The third-order valence-corrected chi connectivity index (χ3v) is 6.81. The molecule has 5 rings (SSSR count). The number of nitro benzene ring substituents is 1. The Morgan fingerprint density at radius 2 is 1.81 bits per heavy atom. The second-order valence-electron chi connectivity index (χ2n) is 9.79. The van der Waals surface area contributed by atoms with Crippen LogP contribution in [0.1, 0.15) is 18.1 Å². The Kier molecular flexibility index (Phi) is 9.51. The van der Waals surface area contributed by atoms with Gasteiger partial charge in [-0.25, -0.2) is 4.98 Å². The number of alkyl halides is 3. The maximum atomic E-state index is 13.5. The molecule has 0 unspecified atom stereocenters. The van der Waals surface area contributed by atoms with Gasteiger partial charge in [-0.2, -0.15) is 22.9 Å². The van der Waals surface area contributed by atoms with Crippen molar-refractivity contribution in [2.24, 2.45) is 5.10 Å². The number of rotatable bonds is 10. The SMILES string of the molecule is CCOc1cc(C=Nn2c(-c3cccc(C(F)(F)F)c3)nc3ccccc3c2=O)cc([N+](=O)[O-])c1OCC(=O)Nc1ccc(Cl)cc1. The van der Waals surface area contributed by atoms with E-state index >= 15 is 0 Å². The van der Waals surface area contributed by atoms with E-state index in [4.69, 9.17) is 21.1 Å². The molecule has 0 radical (unpaired) electrons. The number of anilines is 1. The summed E-state index contributed by atoms with van der Waals surface area (Å²) in [4.78, 5) is 41.7. The fraction of sp³-hybridized carbons (Fsp3) is 0.125. The first kappa shape index (κ1) is 32.6. The molecule has 0 spiro atoms. The molecule has 0 bridgehead atoms.